The second kappa shape index (κ2) is 10.1. The number of nitrogens with zero attached hydrogens (tertiary/aromatic N) is 2. The van der Waals surface area contributed by atoms with Crippen molar-refractivity contribution in [2.75, 3.05) is 47.1 Å². The molecule has 2 atom stereocenters. The van der Waals surface area contributed by atoms with Gasteiger partial charge in [-0.3, -0.25) is 9.63 Å². The molecule has 0 saturated carbocycles. The topological polar surface area (TPSA) is 77.5 Å². The molecule has 0 spiro atoms. The summed E-state index contributed by atoms with van der Waals surface area (Å²) in [5.74, 6) is 1.80. The summed E-state index contributed by atoms with van der Waals surface area (Å²) in [6.07, 6.45) is 1.25. The maximum atomic E-state index is 13.4. The lowest BCUT2D eigenvalue weighted by atomic mass is 9.75. The fourth-order valence-electron chi connectivity index (χ4n) is 3.22. The van der Waals surface area contributed by atoms with Crippen LogP contribution in [0.1, 0.15) is 13.8 Å². The van der Waals surface area contributed by atoms with Crippen LogP contribution in [-0.4, -0.2) is 74.3 Å². The molecule has 156 valence electrons. The molecule has 0 amide bonds. The summed E-state index contributed by atoms with van der Waals surface area (Å²) >= 11 is 7.49. The fourth-order valence-corrected chi connectivity index (χ4v) is 3.93. The van der Waals surface area contributed by atoms with Crippen molar-refractivity contribution in [2.24, 2.45) is 5.41 Å². The van der Waals surface area contributed by atoms with E-state index in [1.54, 1.807) is 25.1 Å². The molecule has 1 fully saturated rings. The molecule has 0 aromatic rings. The highest BCUT2D eigenvalue weighted by atomic mass is 79.9. The van der Waals surface area contributed by atoms with Crippen molar-refractivity contribution in [3.05, 3.63) is 27.7 Å². The molecule has 0 N–H and O–H groups in total. The molecule has 28 heavy (non-hydrogen) atoms. The first-order valence-corrected chi connectivity index (χ1v) is 9.96. The molecule has 2 heterocycles. The highest BCUT2D eigenvalue weighted by Crippen LogP contribution is 2.42. The minimum atomic E-state index is -0.955. The van der Waals surface area contributed by atoms with Gasteiger partial charge in [0.05, 0.1) is 56.0 Å². The number of fused-ring (bicyclic) bond motifs is 1. The Morgan fingerprint density at radius 1 is 1.46 bits per heavy atom. The van der Waals surface area contributed by atoms with Crippen molar-refractivity contribution in [1.29, 1.82) is 0 Å². The first kappa shape index (κ1) is 23.2. The van der Waals surface area contributed by atoms with Crippen molar-refractivity contribution >= 4 is 40.5 Å². The highest BCUT2D eigenvalue weighted by molar-refractivity contribution is 9.12. The van der Waals surface area contributed by atoms with Gasteiger partial charge < -0.3 is 19.1 Å². The minimum Gasteiger partial charge on any atom is -0.493 e. The molecule has 0 aliphatic carbocycles. The molecule has 2 aliphatic heterocycles. The Labute approximate surface area is 178 Å². The predicted octanol–water partition coefficient (Wildman–Crippen LogP) is 1.87. The number of carbonyl (C=O) groups is 1. The van der Waals surface area contributed by atoms with Gasteiger partial charge in [0.2, 0.25) is 0 Å². The van der Waals surface area contributed by atoms with Crippen LogP contribution in [0, 0.1) is 5.41 Å². The summed E-state index contributed by atoms with van der Waals surface area (Å²) in [6.45, 7) is 5.46. The number of ketones is 1. The monoisotopic (exact) mass is 476 g/mol. The van der Waals surface area contributed by atoms with Crippen LogP contribution < -0.4 is 0 Å². The van der Waals surface area contributed by atoms with Gasteiger partial charge in [-0.2, -0.15) is 0 Å². The average Bonchev–Trinajstić information content (AvgIpc) is 2.67. The zero-order chi connectivity index (χ0) is 20.9. The Bertz CT molecular complexity index is 721. The number of Topliss-reactive ketones (excluding diaryl/α,β-unsaturated/α-hetero) is 1. The maximum Gasteiger partial charge on any atom is 0.193 e. The van der Waals surface area contributed by atoms with E-state index in [1.807, 2.05) is 12.9 Å². The van der Waals surface area contributed by atoms with E-state index >= 15 is 0 Å². The number of ether oxygens (including phenoxy) is 3. The summed E-state index contributed by atoms with van der Waals surface area (Å²) < 4.78 is 18.6. The molecular weight excluding hydrogens is 452 g/mol. The first-order valence-electron chi connectivity index (χ1n) is 8.76. The number of halogens is 1. The van der Waals surface area contributed by atoms with Gasteiger partial charge in [-0.25, -0.2) is 4.79 Å². The number of hydrogen-bond donors (Lipinski definition) is 1. The molecule has 0 bridgehead atoms. The molecule has 8 nitrogen and oxygen atoms in total. The Kier molecular flexibility index (Phi) is 8.32. The van der Waals surface area contributed by atoms with Gasteiger partial charge in [-0.1, -0.05) is 12.8 Å². The number of thiol groups is 1. The predicted molar refractivity (Wildman–Crippen MR) is 109 cm³/mol. The number of rotatable bonds is 9. The van der Waals surface area contributed by atoms with E-state index < -0.39 is 11.5 Å². The molecule has 0 radical (unpaired) electrons. The standard InChI is InChI=1S/C18H25BrN2O6S/c1-5-27-21(28)6-7-26-11-18(2)14(24-3)9-20-8-13(19)12(10-22)16(25-4)15(20)17(18)23/h8,14,28H,5-7,9,11H2,1-4H3. The first-order chi connectivity index (χ1) is 13.3. The van der Waals surface area contributed by atoms with Gasteiger partial charge in [-0.15, -0.1) is 4.47 Å². The lowest BCUT2D eigenvalue weighted by Crippen LogP contribution is -2.57. The van der Waals surface area contributed by atoms with Gasteiger partial charge in [0.15, 0.2) is 11.5 Å². The van der Waals surface area contributed by atoms with Crippen LogP contribution in [0.2, 0.25) is 0 Å². The van der Waals surface area contributed by atoms with E-state index in [4.69, 9.17) is 19.0 Å². The van der Waals surface area contributed by atoms with Crippen LogP contribution in [0.4, 0.5) is 0 Å². The Morgan fingerprint density at radius 3 is 2.75 bits per heavy atom. The quantitative estimate of drug-likeness (QED) is 0.234. The third-order valence-corrected chi connectivity index (χ3v) is 5.66. The number of hydroxylamine groups is 1. The summed E-state index contributed by atoms with van der Waals surface area (Å²) in [7, 11) is 2.98. The summed E-state index contributed by atoms with van der Waals surface area (Å²) in [5, 5.41) is 0. The van der Waals surface area contributed by atoms with Gasteiger partial charge >= 0.3 is 0 Å². The van der Waals surface area contributed by atoms with E-state index in [0.29, 0.717) is 36.5 Å². The van der Waals surface area contributed by atoms with Crippen LogP contribution in [-0.2, 0) is 28.6 Å². The zero-order valence-electron chi connectivity index (χ0n) is 16.4. The van der Waals surface area contributed by atoms with Crippen LogP contribution >= 0.6 is 28.7 Å². The number of methoxy groups -OCH3 is 2. The Hall–Kier alpha value is -1.13. The van der Waals surface area contributed by atoms with Crippen molar-refractivity contribution in [3.8, 4) is 0 Å². The van der Waals surface area contributed by atoms with Crippen molar-refractivity contribution in [3.63, 3.8) is 0 Å². The minimum absolute atomic E-state index is 0.136. The smallest absolute Gasteiger partial charge is 0.193 e. The van der Waals surface area contributed by atoms with E-state index in [0.717, 1.165) is 0 Å². The second-order valence-corrected chi connectivity index (χ2v) is 7.81. The Morgan fingerprint density at radius 2 is 2.18 bits per heavy atom. The number of carbonyl (C=O) groups excluding carboxylic acids is 2. The van der Waals surface area contributed by atoms with Gasteiger partial charge in [0.1, 0.15) is 17.2 Å². The highest BCUT2D eigenvalue weighted by Gasteiger charge is 2.51. The zero-order valence-corrected chi connectivity index (χ0v) is 18.8. The molecule has 2 rings (SSSR count). The summed E-state index contributed by atoms with van der Waals surface area (Å²) in [5.41, 5.74) is -0.486. The number of piperidine rings is 1. The normalized spacial score (nSPS) is 25.0. The van der Waals surface area contributed by atoms with Gasteiger partial charge in [0.25, 0.3) is 0 Å². The van der Waals surface area contributed by atoms with Gasteiger partial charge in [0, 0.05) is 13.3 Å². The number of hydrogen-bond acceptors (Lipinski definition) is 9. The van der Waals surface area contributed by atoms with Crippen molar-refractivity contribution in [2.45, 2.75) is 20.0 Å². The second-order valence-electron chi connectivity index (χ2n) is 6.51. The van der Waals surface area contributed by atoms with Crippen LogP contribution in [0.25, 0.3) is 0 Å². The molecule has 1 saturated heterocycles. The summed E-state index contributed by atoms with van der Waals surface area (Å²) in [4.78, 5) is 31.8. The Balaban J connectivity index is 2.25. The molecule has 2 aliphatic rings. The van der Waals surface area contributed by atoms with Crippen LogP contribution in [0.5, 0.6) is 0 Å². The third kappa shape index (κ3) is 4.54. The lowest BCUT2D eigenvalue weighted by Gasteiger charge is -2.45. The van der Waals surface area contributed by atoms with Crippen LogP contribution in [0.15, 0.2) is 27.7 Å². The van der Waals surface area contributed by atoms with E-state index in [2.05, 4.69) is 28.7 Å². The van der Waals surface area contributed by atoms with E-state index in [1.165, 1.54) is 11.6 Å². The van der Waals surface area contributed by atoms with Gasteiger partial charge in [-0.05, 0) is 29.8 Å². The molecule has 2 unspecified atom stereocenters. The lowest BCUT2D eigenvalue weighted by molar-refractivity contribution is -0.148. The molecule has 10 heteroatoms. The maximum absolute atomic E-state index is 13.4. The largest absolute Gasteiger partial charge is 0.493 e. The van der Waals surface area contributed by atoms with Crippen molar-refractivity contribution in [1.82, 2.24) is 9.37 Å². The van der Waals surface area contributed by atoms with E-state index in [9.17, 15) is 9.59 Å². The third-order valence-electron chi connectivity index (χ3n) is 4.74. The molecule has 0 aromatic heterocycles. The number of allylic oxidation sites excluding steroid dienone is 2. The average molecular weight is 477 g/mol. The molecule has 0 aromatic carbocycles. The van der Waals surface area contributed by atoms with Crippen molar-refractivity contribution < 1.29 is 28.6 Å². The SMILES string of the molecule is CCON(S)CCOCC1(C)C(=O)C2=C(OC)C(=C=O)C(Br)=CN2CC1OC. The van der Waals surface area contributed by atoms with Crippen LogP contribution in [0.3, 0.4) is 0 Å². The fraction of sp³-hybridized carbons (Fsp3) is 0.611. The van der Waals surface area contributed by atoms with E-state index in [-0.39, 0.29) is 23.7 Å². The molecular formula is C18H25BrN2O6S. The summed E-state index contributed by atoms with van der Waals surface area (Å²) in [6, 6.07) is 0.